The molecule has 0 atom stereocenters. The highest BCUT2D eigenvalue weighted by atomic mass is 16.6. The number of isocyanates is 3. The maximum absolute atomic E-state index is 12.8. The van der Waals surface area contributed by atoms with E-state index in [0.29, 0.717) is 17.2 Å². The summed E-state index contributed by atoms with van der Waals surface area (Å²) in [6, 6.07) is 43.0. The van der Waals surface area contributed by atoms with Crippen molar-refractivity contribution in [1.82, 2.24) is 16.0 Å². The third-order valence-electron chi connectivity index (χ3n) is 10.2. The van der Waals surface area contributed by atoms with Gasteiger partial charge in [-0.2, -0.15) is 0 Å². The molecule has 0 saturated carbocycles. The largest absolute Gasteiger partial charge is 0.412 e. The van der Waals surface area contributed by atoms with Gasteiger partial charge in [-0.25, -0.2) is 43.7 Å². The summed E-state index contributed by atoms with van der Waals surface area (Å²) in [5.74, 6) is 0.902. The first kappa shape index (κ1) is 45.8. The topological polar surface area (TPSA) is 203 Å². The Kier molecular flexibility index (Phi) is 16.1. The van der Waals surface area contributed by atoms with Gasteiger partial charge in [0.15, 0.2) is 0 Å². The molecule has 0 aromatic heterocycles. The first-order chi connectivity index (χ1) is 31.6. The highest BCUT2D eigenvalue weighted by Crippen LogP contribution is 2.40. The summed E-state index contributed by atoms with van der Waals surface area (Å²) in [5.41, 5.74) is 6.44. The molecule has 0 spiro atoms. The number of hydrogen-bond acceptors (Lipinski definition) is 12. The van der Waals surface area contributed by atoms with Crippen molar-refractivity contribution in [3.8, 4) is 17.2 Å². The van der Waals surface area contributed by atoms with Crippen LogP contribution in [-0.2, 0) is 59.1 Å². The minimum absolute atomic E-state index is 0.190. The van der Waals surface area contributed by atoms with E-state index in [4.69, 9.17) is 14.2 Å². The lowest BCUT2D eigenvalue weighted by molar-refractivity contribution is 0.199. The van der Waals surface area contributed by atoms with Crippen LogP contribution in [0.25, 0.3) is 0 Å². The third-order valence-corrected chi connectivity index (χ3v) is 10.2. The summed E-state index contributed by atoms with van der Waals surface area (Å²) < 4.78 is 16.8. The van der Waals surface area contributed by atoms with Gasteiger partial charge in [-0.05, 0) is 93.4 Å². The van der Waals surface area contributed by atoms with Gasteiger partial charge in [0.1, 0.15) is 17.2 Å². The van der Waals surface area contributed by atoms with Gasteiger partial charge in [-0.15, -0.1) is 0 Å². The van der Waals surface area contributed by atoms with Crippen molar-refractivity contribution in [2.75, 3.05) is 0 Å². The Labute approximate surface area is 373 Å². The SMILES string of the molecule is CC(c1ccc(OC(=O)NCc2cccc(CN=C=O)c2)cc1)(c1ccc(OC(=O)NCc2cccc(CN=C=O)c2)cc1)c1ccc(OC(=O)NCc2cccc(CN=C=O)c2)cc1. The van der Waals surface area contributed by atoms with E-state index in [1.54, 1.807) is 54.6 Å². The van der Waals surface area contributed by atoms with Crippen LogP contribution in [0.4, 0.5) is 14.4 Å². The molecule has 3 N–H and O–H groups in total. The molecule has 0 aliphatic rings. The molecule has 0 saturated heterocycles. The Bertz CT molecular complexity index is 2460. The summed E-state index contributed by atoms with van der Waals surface area (Å²) in [7, 11) is 0. The highest BCUT2D eigenvalue weighted by Gasteiger charge is 2.32. The van der Waals surface area contributed by atoms with Gasteiger partial charge < -0.3 is 30.2 Å². The highest BCUT2D eigenvalue weighted by molar-refractivity contribution is 5.72. The van der Waals surface area contributed by atoms with E-state index >= 15 is 0 Å². The Morgan fingerprint density at radius 1 is 0.431 bits per heavy atom. The van der Waals surface area contributed by atoms with Crippen molar-refractivity contribution in [3.63, 3.8) is 0 Å². The molecule has 6 rings (SSSR count). The molecule has 0 unspecified atom stereocenters. The van der Waals surface area contributed by atoms with Gasteiger partial charge in [0, 0.05) is 25.0 Å². The zero-order chi connectivity index (χ0) is 45.9. The lowest BCUT2D eigenvalue weighted by atomic mass is 9.71. The fraction of sp³-hybridized carbons (Fsp3) is 0.160. The van der Waals surface area contributed by atoms with Gasteiger partial charge in [0.05, 0.1) is 19.6 Å². The summed E-state index contributed by atoms with van der Waals surface area (Å²) >= 11 is 0. The molecule has 3 amide bonds. The van der Waals surface area contributed by atoms with Crippen molar-refractivity contribution in [2.24, 2.45) is 15.0 Å². The minimum atomic E-state index is -0.834. The number of hydrogen-bond donors (Lipinski definition) is 3. The lowest BCUT2D eigenvalue weighted by Gasteiger charge is -2.32. The number of nitrogens with zero attached hydrogens (tertiary/aromatic N) is 3. The molecule has 65 heavy (non-hydrogen) atoms. The molecule has 0 aliphatic heterocycles. The average Bonchev–Trinajstić information content (AvgIpc) is 3.33. The summed E-state index contributed by atoms with van der Waals surface area (Å²) in [6.07, 6.45) is 2.57. The number of carbonyl (C=O) groups excluding carboxylic acids is 6. The van der Waals surface area contributed by atoms with Crippen LogP contribution in [-0.4, -0.2) is 36.5 Å². The standard InChI is InChI=1S/C50H42N6O9/c1-50(41-11-17-44(18-12-41)63-47(60)54-29-38-8-2-5-35(23-38)26-51-32-57,42-13-19-45(20-14-42)64-48(61)55-30-39-9-3-6-36(24-39)27-52-33-58)43-15-21-46(22-16-43)65-49(62)56-31-40-10-4-7-37(25-40)28-53-34-59/h2-25H,26-31H2,1H3,(H,54,60)(H,55,61)(H,56,62). The number of ether oxygens (including phenoxy) is 3. The van der Waals surface area contributed by atoms with E-state index in [0.717, 1.165) is 50.1 Å². The van der Waals surface area contributed by atoms with Crippen LogP contribution in [0.3, 0.4) is 0 Å². The van der Waals surface area contributed by atoms with E-state index in [2.05, 4.69) is 30.9 Å². The number of amides is 3. The molecule has 15 heteroatoms. The molecule has 0 radical (unpaired) electrons. The molecule has 326 valence electrons. The van der Waals surface area contributed by atoms with Crippen LogP contribution in [0.1, 0.15) is 57.0 Å². The second kappa shape index (κ2) is 22.9. The van der Waals surface area contributed by atoms with Gasteiger partial charge in [0.2, 0.25) is 18.2 Å². The molecule has 0 aliphatic carbocycles. The Hall–Kier alpha value is -8.73. The first-order valence-electron chi connectivity index (χ1n) is 20.2. The second-order valence-corrected chi connectivity index (χ2v) is 14.6. The smallest absolute Gasteiger partial charge is 0.410 e. The first-order valence-corrected chi connectivity index (χ1v) is 20.2. The fourth-order valence-electron chi connectivity index (χ4n) is 6.91. The molecule has 6 aromatic carbocycles. The van der Waals surface area contributed by atoms with E-state index in [1.807, 2.05) is 97.9 Å². The molecule has 0 bridgehead atoms. The summed E-state index contributed by atoms with van der Waals surface area (Å²) in [6.45, 7) is 3.16. The zero-order valence-corrected chi connectivity index (χ0v) is 35.1. The summed E-state index contributed by atoms with van der Waals surface area (Å²) in [4.78, 5) is 80.7. The van der Waals surface area contributed by atoms with Crippen molar-refractivity contribution in [2.45, 2.75) is 51.6 Å². The van der Waals surface area contributed by atoms with E-state index in [9.17, 15) is 28.8 Å². The van der Waals surface area contributed by atoms with E-state index in [-0.39, 0.29) is 39.3 Å². The molecule has 15 nitrogen and oxygen atoms in total. The number of benzene rings is 6. The number of nitrogens with one attached hydrogen (secondary N) is 3. The van der Waals surface area contributed by atoms with Crippen LogP contribution in [0.5, 0.6) is 17.2 Å². The minimum Gasteiger partial charge on any atom is -0.410 e. The van der Waals surface area contributed by atoms with Crippen LogP contribution in [0.15, 0.2) is 161 Å². The molecule has 0 fully saturated rings. The van der Waals surface area contributed by atoms with Crippen molar-refractivity contribution < 1.29 is 43.0 Å². The second-order valence-electron chi connectivity index (χ2n) is 14.6. The quantitative estimate of drug-likeness (QED) is 0.0430. The Morgan fingerprint density at radius 2 is 0.692 bits per heavy atom. The van der Waals surface area contributed by atoms with Gasteiger partial charge in [-0.1, -0.05) is 109 Å². The van der Waals surface area contributed by atoms with Gasteiger partial charge >= 0.3 is 18.3 Å². The molecular formula is C50H42N6O9. The van der Waals surface area contributed by atoms with Crippen LogP contribution >= 0.6 is 0 Å². The van der Waals surface area contributed by atoms with Crippen LogP contribution < -0.4 is 30.2 Å². The lowest BCUT2D eigenvalue weighted by Crippen LogP contribution is -2.27. The zero-order valence-electron chi connectivity index (χ0n) is 35.1. The molecular weight excluding hydrogens is 829 g/mol. The predicted molar refractivity (Wildman–Crippen MR) is 238 cm³/mol. The van der Waals surface area contributed by atoms with Crippen molar-refractivity contribution in [1.29, 1.82) is 0 Å². The number of carbonyl (C=O) groups is 3. The van der Waals surface area contributed by atoms with Crippen LogP contribution in [0.2, 0.25) is 0 Å². The van der Waals surface area contributed by atoms with Crippen molar-refractivity contribution >= 4 is 36.5 Å². The summed E-state index contributed by atoms with van der Waals surface area (Å²) in [5, 5.41) is 8.20. The number of aliphatic imine (C=N–C) groups is 3. The number of rotatable bonds is 18. The fourth-order valence-corrected chi connectivity index (χ4v) is 6.91. The average molecular weight is 871 g/mol. The third kappa shape index (κ3) is 13.4. The van der Waals surface area contributed by atoms with Crippen LogP contribution in [0, 0.1) is 0 Å². The maximum atomic E-state index is 12.8. The molecule has 6 aromatic rings. The Balaban J connectivity index is 1.16. The van der Waals surface area contributed by atoms with E-state index < -0.39 is 23.7 Å². The monoisotopic (exact) mass is 870 g/mol. The van der Waals surface area contributed by atoms with Crippen molar-refractivity contribution in [3.05, 3.63) is 196 Å². The van der Waals surface area contributed by atoms with Gasteiger partial charge in [-0.3, -0.25) is 0 Å². The van der Waals surface area contributed by atoms with E-state index in [1.165, 1.54) is 18.2 Å². The van der Waals surface area contributed by atoms with Gasteiger partial charge in [0.25, 0.3) is 0 Å². The molecule has 0 heterocycles. The normalized spacial score (nSPS) is 11.2. The maximum Gasteiger partial charge on any atom is 0.412 e. The Morgan fingerprint density at radius 3 is 0.954 bits per heavy atom. The predicted octanol–water partition coefficient (Wildman–Crippen LogP) is 8.41.